The van der Waals surface area contributed by atoms with E-state index in [2.05, 4.69) is 143 Å². The van der Waals surface area contributed by atoms with E-state index < -0.39 is 0 Å². The van der Waals surface area contributed by atoms with Gasteiger partial charge in [0.2, 0.25) is 5.95 Å². The molecule has 0 fully saturated rings. The van der Waals surface area contributed by atoms with Crippen LogP contribution in [0.1, 0.15) is 0 Å². The monoisotopic (exact) mass is 586 g/mol. The fourth-order valence-electron chi connectivity index (χ4n) is 7.35. The molecule has 3 aromatic heterocycles. The summed E-state index contributed by atoms with van der Waals surface area (Å²) in [5.74, 6) is 0.678. The van der Waals surface area contributed by atoms with Gasteiger partial charge in [-0.25, -0.2) is 9.97 Å². The van der Waals surface area contributed by atoms with Gasteiger partial charge in [0.25, 0.3) is 0 Å². The zero-order valence-corrected chi connectivity index (χ0v) is 24.8. The van der Waals surface area contributed by atoms with Gasteiger partial charge in [-0.2, -0.15) is 0 Å². The number of rotatable bonds is 3. The molecule has 7 aromatic carbocycles. The molecule has 10 rings (SSSR count). The first-order valence-electron chi connectivity index (χ1n) is 15.6. The van der Waals surface area contributed by atoms with Crippen molar-refractivity contribution in [1.82, 2.24) is 19.1 Å². The van der Waals surface area contributed by atoms with Crippen LogP contribution in [0.4, 0.5) is 0 Å². The van der Waals surface area contributed by atoms with E-state index in [1.807, 2.05) is 24.4 Å². The number of fused-ring (bicyclic) bond motifs is 9. The minimum absolute atomic E-state index is 0.678. The number of hydrogen-bond acceptors (Lipinski definition) is 2. The SMILES string of the molecule is c1ccc(-n2c3ccccc3c3c4ccccc4c(-c4ccc5c(c4)c4ccccc4n5-c4ncc5ccccc5n4)cc32)cc1. The number of nitrogens with zero attached hydrogens (tertiary/aromatic N) is 4. The number of para-hydroxylation sites is 4. The fourth-order valence-corrected chi connectivity index (χ4v) is 7.35. The molecule has 10 aromatic rings. The van der Waals surface area contributed by atoms with E-state index in [0.717, 1.165) is 27.6 Å². The molecule has 0 spiro atoms. The minimum atomic E-state index is 0.678. The van der Waals surface area contributed by atoms with Crippen LogP contribution in [-0.4, -0.2) is 19.1 Å². The molecule has 4 nitrogen and oxygen atoms in total. The van der Waals surface area contributed by atoms with E-state index in [1.54, 1.807) is 0 Å². The second-order valence-corrected chi connectivity index (χ2v) is 11.9. The fraction of sp³-hybridized carbons (Fsp3) is 0. The van der Waals surface area contributed by atoms with E-state index in [4.69, 9.17) is 9.97 Å². The summed E-state index contributed by atoms with van der Waals surface area (Å²) >= 11 is 0. The molecule has 0 amide bonds. The van der Waals surface area contributed by atoms with Gasteiger partial charge in [-0.15, -0.1) is 0 Å². The van der Waals surface area contributed by atoms with Crippen molar-refractivity contribution in [2.24, 2.45) is 0 Å². The van der Waals surface area contributed by atoms with Crippen molar-refractivity contribution in [2.45, 2.75) is 0 Å². The third kappa shape index (κ3) is 3.55. The smallest absolute Gasteiger partial charge is 0.235 e. The lowest BCUT2D eigenvalue weighted by molar-refractivity contribution is 1.01. The molecule has 0 saturated carbocycles. The van der Waals surface area contributed by atoms with Crippen LogP contribution in [0.2, 0.25) is 0 Å². The zero-order valence-electron chi connectivity index (χ0n) is 24.8. The Morgan fingerprint density at radius 1 is 0.435 bits per heavy atom. The van der Waals surface area contributed by atoms with Gasteiger partial charge in [-0.3, -0.25) is 4.57 Å². The van der Waals surface area contributed by atoms with Gasteiger partial charge in [0.15, 0.2) is 0 Å². The van der Waals surface area contributed by atoms with E-state index >= 15 is 0 Å². The summed E-state index contributed by atoms with van der Waals surface area (Å²) in [4.78, 5) is 9.80. The first kappa shape index (κ1) is 25.1. The maximum atomic E-state index is 4.98. The molecular weight excluding hydrogens is 560 g/mol. The maximum absolute atomic E-state index is 4.98. The Morgan fingerprint density at radius 2 is 1.09 bits per heavy atom. The van der Waals surface area contributed by atoms with Gasteiger partial charge in [-0.1, -0.05) is 103 Å². The summed E-state index contributed by atoms with van der Waals surface area (Å²) in [5, 5.41) is 8.44. The van der Waals surface area contributed by atoms with Crippen molar-refractivity contribution in [2.75, 3.05) is 0 Å². The van der Waals surface area contributed by atoms with Crippen LogP contribution in [0.25, 0.3) is 88.0 Å². The third-order valence-corrected chi connectivity index (χ3v) is 9.35. The molecule has 0 saturated heterocycles. The molecule has 0 atom stereocenters. The quantitative estimate of drug-likeness (QED) is 0.206. The van der Waals surface area contributed by atoms with Crippen LogP contribution in [0.15, 0.2) is 158 Å². The van der Waals surface area contributed by atoms with Gasteiger partial charge in [-0.05, 0) is 70.4 Å². The van der Waals surface area contributed by atoms with Crippen molar-refractivity contribution in [3.8, 4) is 22.8 Å². The highest BCUT2D eigenvalue weighted by Gasteiger charge is 2.19. The molecule has 0 bridgehead atoms. The van der Waals surface area contributed by atoms with Crippen molar-refractivity contribution < 1.29 is 0 Å². The lowest BCUT2D eigenvalue weighted by Gasteiger charge is -2.13. The number of hydrogen-bond donors (Lipinski definition) is 0. The van der Waals surface area contributed by atoms with E-state index in [-0.39, 0.29) is 0 Å². The Hall–Kier alpha value is -6.26. The van der Waals surface area contributed by atoms with Crippen LogP contribution >= 0.6 is 0 Å². The molecule has 0 aliphatic rings. The highest BCUT2D eigenvalue weighted by Crippen LogP contribution is 2.42. The summed E-state index contributed by atoms with van der Waals surface area (Å²) in [7, 11) is 0. The molecule has 4 heteroatoms. The van der Waals surface area contributed by atoms with Crippen LogP contribution in [0.5, 0.6) is 0 Å². The predicted octanol–water partition coefficient (Wildman–Crippen LogP) is 10.6. The van der Waals surface area contributed by atoms with E-state index in [9.17, 15) is 0 Å². The normalized spacial score (nSPS) is 11.9. The summed E-state index contributed by atoms with van der Waals surface area (Å²) in [6, 6.07) is 54.2. The van der Waals surface area contributed by atoms with E-state index in [0.29, 0.717) is 5.95 Å². The maximum Gasteiger partial charge on any atom is 0.235 e. The van der Waals surface area contributed by atoms with Gasteiger partial charge < -0.3 is 4.57 Å². The van der Waals surface area contributed by atoms with Gasteiger partial charge in [0.05, 0.1) is 27.6 Å². The molecule has 0 aliphatic carbocycles. The zero-order chi connectivity index (χ0) is 30.2. The Bertz CT molecular complexity index is 2810. The number of benzene rings is 7. The lowest BCUT2D eigenvalue weighted by Crippen LogP contribution is -2.00. The highest BCUT2D eigenvalue weighted by atomic mass is 15.2. The Kier molecular flexibility index (Phi) is 5.25. The largest absolute Gasteiger partial charge is 0.309 e. The Balaban J connectivity index is 1.28. The van der Waals surface area contributed by atoms with Crippen LogP contribution in [-0.2, 0) is 0 Å². The van der Waals surface area contributed by atoms with Gasteiger partial charge in [0.1, 0.15) is 0 Å². The second-order valence-electron chi connectivity index (χ2n) is 11.9. The highest BCUT2D eigenvalue weighted by molar-refractivity contribution is 6.24. The Morgan fingerprint density at radius 3 is 1.93 bits per heavy atom. The summed E-state index contributed by atoms with van der Waals surface area (Å²) in [6.45, 7) is 0. The van der Waals surface area contributed by atoms with Crippen LogP contribution < -0.4 is 0 Å². The lowest BCUT2D eigenvalue weighted by atomic mass is 9.94. The summed E-state index contributed by atoms with van der Waals surface area (Å²) < 4.78 is 4.59. The minimum Gasteiger partial charge on any atom is -0.309 e. The standard InChI is InChI=1S/C42H26N4/c1-2-13-29(14-3-1)45-38-21-11-8-18-33(38)41-32-17-6-5-15-30(32)34(25-40(41)45)27-22-23-39-35(24-27)31-16-7-10-20-37(31)46(39)42-43-26-28-12-4-9-19-36(28)44-42/h1-26H. The van der Waals surface area contributed by atoms with Crippen molar-refractivity contribution in [1.29, 1.82) is 0 Å². The summed E-state index contributed by atoms with van der Waals surface area (Å²) in [5.41, 5.74) is 9.07. The van der Waals surface area contributed by atoms with Gasteiger partial charge in [0, 0.05) is 38.8 Å². The van der Waals surface area contributed by atoms with Crippen molar-refractivity contribution in [3.63, 3.8) is 0 Å². The molecule has 0 unspecified atom stereocenters. The molecule has 0 radical (unpaired) electrons. The van der Waals surface area contributed by atoms with Crippen LogP contribution in [0, 0.1) is 0 Å². The molecule has 46 heavy (non-hydrogen) atoms. The predicted molar refractivity (Wildman–Crippen MR) is 191 cm³/mol. The topological polar surface area (TPSA) is 35.6 Å². The third-order valence-electron chi connectivity index (χ3n) is 9.35. The summed E-state index contributed by atoms with van der Waals surface area (Å²) in [6.07, 6.45) is 1.92. The van der Waals surface area contributed by atoms with Gasteiger partial charge >= 0.3 is 0 Å². The number of aromatic nitrogens is 4. The first-order chi connectivity index (χ1) is 22.8. The molecular formula is C42H26N4. The molecule has 3 heterocycles. The molecule has 0 N–H and O–H groups in total. The Labute approximate surface area is 264 Å². The van der Waals surface area contributed by atoms with E-state index in [1.165, 1.54) is 54.5 Å². The molecule has 214 valence electrons. The average Bonchev–Trinajstić information content (AvgIpc) is 3.64. The van der Waals surface area contributed by atoms with Crippen molar-refractivity contribution >= 4 is 65.3 Å². The average molecular weight is 587 g/mol. The first-order valence-corrected chi connectivity index (χ1v) is 15.6. The van der Waals surface area contributed by atoms with Crippen molar-refractivity contribution in [3.05, 3.63) is 158 Å². The van der Waals surface area contributed by atoms with Crippen LogP contribution in [0.3, 0.4) is 0 Å². The molecule has 0 aliphatic heterocycles. The second kappa shape index (κ2) is 9.62.